The monoisotopic (exact) mass is 582 g/mol. The van der Waals surface area contributed by atoms with Gasteiger partial charge in [-0.1, -0.05) is 12.6 Å². The van der Waals surface area contributed by atoms with Gasteiger partial charge in [-0.05, 0) is 70.8 Å². The van der Waals surface area contributed by atoms with Gasteiger partial charge in [0.05, 0.1) is 17.8 Å². The molecule has 1 saturated carbocycles. The van der Waals surface area contributed by atoms with Crippen molar-refractivity contribution in [2.45, 2.75) is 51.7 Å². The molecule has 11 heteroatoms. The molecule has 1 atom stereocenters. The van der Waals surface area contributed by atoms with Crippen LogP contribution in [0.5, 0.6) is 11.8 Å². The number of hydrogen-bond donors (Lipinski definition) is 1. The molecule has 4 aromatic rings. The van der Waals surface area contributed by atoms with Gasteiger partial charge in [0.25, 0.3) is 0 Å². The van der Waals surface area contributed by atoms with E-state index in [1.165, 1.54) is 6.08 Å². The Labute approximate surface area is 250 Å². The van der Waals surface area contributed by atoms with Crippen molar-refractivity contribution in [3.8, 4) is 22.9 Å². The Morgan fingerprint density at radius 3 is 2.58 bits per heavy atom. The number of pyridine rings is 1. The van der Waals surface area contributed by atoms with Gasteiger partial charge in [0, 0.05) is 54.4 Å². The lowest BCUT2D eigenvalue weighted by Gasteiger charge is -2.35. The number of rotatable bonds is 8. The van der Waals surface area contributed by atoms with Crippen LogP contribution in [0, 0.1) is 13.8 Å². The van der Waals surface area contributed by atoms with E-state index in [9.17, 15) is 4.79 Å². The minimum Gasteiger partial charge on any atom is -0.487 e. The number of aromatic amines is 1. The van der Waals surface area contributed by atoms with Crippen molar-refractivity contribution >= 4 is 33.7 Å². The zero-order chi connectivity index (χ0) is 29.7. The number of likely N-dealkylation sites (tertiary alicyclic amines) is 1. The van der Waals surface area contributed by atoms with E-state index >= 15 is 0 Å². The van der Waals surface area contributed by atoms with E-state index in [2.05, 4.69) is 52.7 Å². The van der Waals surface area contributed by atoms with Crippen molar-refractivity contribution in [1.82, 2.24) is 34.9 Å². The van der Waals surface area contributed by atoms with E-state index in [1.807, 2.05) is 18.0 Å². The lowest BCUT2D eigenvalue weighted by Crippen LogP contribution is -2.48. The summed E-state index contributed by atoms with van der Waals surface area (Å²) < 4.78 is 13.1. The number of carbonyl (C=O) groups is 1. The number of ether oxygens (including phenoxy) is 2. The molecule has 1 aliphatic carbocycles. The summed E-state index contributed by atoms with van der Waals surface area (Å²) in [5.41, 5.74) is 6.21. The van der Waals surface area contributed by atoms with E-state index in [4.69, 9.17) is 24.4 Å². The highest BCUT2D eigenvalue weighted by atomic mass is 16.5. The fourth-order valence-corrected chi connectivity index (χ4v) is 6.32. The van der Waals surface area contributed by atoms with Gasteiger partial charge < -0.3 is 24.2 Å². The molecule has 3 aliphatic rings. The number of carbonyl (C=O) groups excluding carboxylic acids is 1. The molecule has 1 aromatic carbocycles. The molecule has 0 radical (unpaired) electrons. The average molecular weight is 583 g/mol. The van der Waals surface area contributed by atoms with Gasteiger partial charge in [0.2, 0.25) is 5.91 Å². The molecule has 2 aliphatic heterocycles. The van der Waals surface area contributed by atoms with E-state index in [1.54, 1.807) is 0 Å². The van der Waals surface area contributed by atoms with Crippen LogP contribution in [0.4, 0.5) is 5.82 Å². The minimum atomic E-state index is -0.0561. The topological polar surface area (TPSA) is 113 Å². The number of likely N-dealkylation sites (N-methyl/N-ethyl adjacent to an activating group) is 1. The number of fused-ring (bicyclic) bond motifs is 2. The highest BCUT2D eigenvalue weighted by Crippen LogP contribution is 2.45. The van der Waals surface area contributed by atoms with Crippen LogP contribution in [0.2, 0.25) is 0 Å². The molecule has 7 rings (SSSR count). The van der Waals surface area contributed by atoms with Gasteiger partial charge >= 0.3 is 6.01 Å². The quantitative estimate of drug-likeness (QED) is 0.308. The number of H-pyrrole nitrogens is 1. The number of aryl methyl sites for hydroxylation is 2. The van der Waals surface area contributed by atoms with E-state index in [0.29, 0.717) is 67.4 Å². The summed E-state index contributed by atoms with van der Waals surface area (Å²) in [4.78, 5) is 33.8. The van der Waals surface area contributed by atoms with Crippen molar-refractivity contribution in [2.24, 2.45) is 0 Å². The second-order valence-electron chi connectivity index (χ2n) is 11.9. The van der Waals surface area contributed by atoms with Crippen LogP contribution < -0.4 is 14.4 Å². The van der Waals surface area contributed by atoms with Gasteiger partial charge in [0.15, 0.2) is 11.6 Å². The Kier molecular flexibility index (Phi) is 7.12. The van der Waals surface area contributed by atoms with Gasteiger partial charge in [-0.15, -0.1) is 0 Å². The van der Waals surface area contributed by atoms with Gasteiger partial charge in [-0.2, -0.15) is 15.1 Å². The summed E-state index contributed by atoms with van der Waals surface area (Å²) in [5.74, 6) is 1.37. The number of anilines is 1. The number of benzene rings is 1. The number of nitrogens with one attached hydrogen (secondary N) is 1. The van der Waals surface area contributed by atoms with Crippen LogP contribution >= 0.6 is 0 Å². The molecule has 11 nitrogen and oxygen atoms in total. The predicted molar refractivity (Wildman–Crippen MR) is 166 cm³/mol. The van der Waals surface area contributed by atoms with Crippen LogP contribution in [0.15, 0.2) is 31.0 Å². The highest BCUT2D eigenvalue weighted by molar-refractivity contribution is 6.03. The lowest BCUT2D eigenvalue weighted by molar-refractivity contribution is -0.126. The molecule has 5 heterocycles. The third kappa shape index (κ3) is 5.15. The van der Waals surface area contributed by atoms with Gasteiger partial charge in [-0.3, -0.25) is 9.89 Å². The zero-order valence-corrected chi connectivity index (χ0v) is 25.1. The molecular formula is C32H38N8O3. The maximum absolute atomic E-state index is 12.3. The summed E-state index contributed by atoms with van der Waals surface area (Å²) in [6.07, 6.45) is 7.63. The number of amides is 1. The maximum atomic E-state index is 12.3. The Hall–Kier alpha value is -4.25. The number of hydrogen-bond acceptors (Lipinski definition) is 9. The Bertz CT molecular complexity index is 1710. The molecule has 224 valence electrons. The second-order valence-corrected chi connectivity index (χ2v) is 11.9. The fourth-order valence-electron chi connectivity index (χ4n) is 6.32. The average Bonchev–Trinajstić information content (AvgIpc) is 3.54. The summed E-state index contributed by atoms with van der Waals surface area (Å²) >= 11 is 0. The Morgan fingerprint density at radius 2 is 1.86 bits per heavy atom. The van der Waals surface area contributed by atoms with Crippen LogP contribution in [0.1, 0.15) is 36.9 Å². The summed E-state index contributed by atoms with van der Waals surface area (Å²) in [7, 11) is 2.14. The second kappa shape index (κ2) is 11.1. The molecule has 1 amide bonds. The summed E-state index contributed by atoms with van der Waals surface area (Å²) in [6.45, 7) is 11.7. The van der Waals surface area contributed by atoms with Crippen LogP contribution in [0.3, 0.4) is 0 Å². The predicted octanol–water partition coefficient (Wildman–Crippen LogP) is 4.03. The molecule has 1 N–H and O–H groups in total. The first-order chi connectivity index (χ1) is 20.9. The summed E-state index contributed by atoms with van der Waals surface area (Å²) in [6, 6.07) is 4.80. The Balaban J connectivity index is 1.39. The van der Waals surface area contributed by atoms with E-state index in [0.717, 1.165) is 65.5 Å². The molecule has 3 fully saturated rings. The van der Waals surface area contributed by atoms with Gasteiger partial charge in [0.1, 0.15) is 17.6 Å². The third-order valence-corrected chi connectivity index (χ3v) is 8.96. The minimum absolute atomic E-state index is 0.0561. The molecule has 0 bridgehead atoms. The Morgan fingerprint density at radius 1 is 1.05 bits per heavy atom. The number of piperazine rings is 1. The third-order valence-electron chi connectivity index (χ3n) is 8.96. The zero-order valence-electron chi connectivity index (χ0n) is 25.1. The van der Waals surface area contributed by atoms with Crippen LogP contribution in [0.25, 0.3) is 33.1 Å². The van der Waals surface area contributed by atoms with E-state index in [-0.39, 0.29) is 12.0 Å². The maximum Gasteiger partial charge on any atom is 0.319 e. The molecule has 0 unspecified atom stereocenters. The van der Waals surface area contributed by atoms with Crippen molar-refractivity contribution in [1.29, 1.82) is 0 Å². The first-order valence-electron chi connectivity index (χ1n) is 15.2. The van der Waals surface area contributed by atoms with Crippen molar-refractivity contribution in [3.63, 3.8) is 0 Å². The normalized spacial score (nSPS) is 19.4. The first kappa shape index (κ1) is 27.6. The number of nitrogens with zero attached hydrogens (tertiary/aromatic N) is 7. The highest BCUT2D eigenvalue weighted by Gasteiger charge is 2.32. The number of aromatic nitrogens is 5. The molecular weight excluding hydrogens is 544 g/mol. The SMILES string of the molecule is C=CC(=O)N1CCN(c2nc(OC[C@@H]3CCCN3C)nc3c(OC4CC4)c(-c4c(C)ccc5[nH]ncc45)c(C)nc23)CC1. The van der Waals surface area contributed by atoms with Crippen molar-refractivity contribution < 1.29 is 14.3 Å². The molecule has 2 saturated heterocycles. The molecule has 3 aromatic heterocycles. The largest absolute Gasteiger partial charge is 0.487 e. The van der Waals surface area contributed by atoms with Gasteiger partial charge in [-0.25, -0.2) is 4.98 Å². The smallest absolute Gasteiger partial charge is 0.319 e. The fraction of sp³-hybridized carbons (Fsp3) is 0.469. The van der Waals surface area contributed by atoms with Crippen molar-refractivity contribution in [2.75, 3.05) is 51.3 Å². The lowest BCUT2D eigenvalue weighted by atomic mass is 9.94. The summed E-state index contributed by atoms with van der Waals surface area (Å²) in [5, 5.41) is 8.45. The standard InChI is InChI=1S/C32H38N8O3/c1-5-25(41)39-13-15-40(16-14-39)31-29-28(35-32(36-31)42-18-21-7-6-12-38(21)4)30(43-22-9-10-22)27(20(3)34-29)26-19(2)8-11-24-23(26)17-33-37-24/h5,8,11,17,21-22H,1,6-7,9-10,12-16,18H2,2-4H3,(H,33,37)/t21-/m0/s1. The van der Waals surface area contributed by atoms with Crippen molar-refractivity contribution in [3.05, 3.63) is 42.2 Å². The molecule has 43 heavy (non-hydrogen) atoms. The van der Waals surface area contributed by atoms with E-state index < -0.39 is 0 Å². The van der Waals surface area contributed by atoms with Crippen LogP contribution in [-0.4, -0.2) is 99.4 Å². The first-order valence-corrected chi connectivity index (χ1v) is 15.2. The van der Waals surface area contributed by atoms with Crippen LogP contribution in [-0.2, 0) is 4.79 Å². The molecule has 0 spiro atoms.